The number of aryl methyl sites for hydroxylation is 3. The third kappa shape index (κ3) is 4.03. The van der Waals surface area contributed by atoms with E-state index in [4.69, 9.17) is 0 Å². The summed E-state index contributed by atoms with van der Waals surface area (Å²) in [5.74, 6) is 0.463. The molecule has 0 N–H and O–H groups in total. The molecule has 7 heteroatoms. The van der Waals surface area contributed by atoms with Crippen molar-refractivity contribution in [3.05, 3.63) is 56.1 Å². The van der Waals surface area contributed by atoms with Crippen molar-refractivity contribution in [1.29, 1.82) is 0 Å². The van der Waals surface area contributed by atoms with Crippen LogP contribution in [0, 0.1) is 5.92 Å². The summed E-state index contributed by atoms with van der Waals surface area (Å²) in [5.41, 5.74) is 3.07. The van der Waals surface area contributed by atoms with Crippen LogP contribution in [0.3, 0.4) is 0 Å². The van der Waals surface area contributed by atoms with Crippen LogP contribution in [0.5, 0.6) is 0 Å². The Kier molecular flexibility index (Phi) is 5.20. The van der Waals surface area contributed by atoms with Gasteiger partial charge in [0.15, 0.2) is 0 Å². The number of hydrogen-bond donors (Lipinski definition) is 0. The number of nitrogens with zero attached hydrogens (tertiary/aromatic N) is 5. The van der Waals surface area contributed by atoms with E-state index in [0.717, 1.165) is 62.0 Å². The average Bonchev–Trinajstić information content (AvgIpc) is 2.67. The van der Waals surface area contributed by atoms with Gasteiger partial charge >= 0.3 is 0 Å². The van der Waals surface area contributed by atoms with Gasteiger partial charge < -0.3 is 4.57 Å². The number of piperidine rings is 1. The molecular formula is C20H27N5O2. The van der Waals surface area contributed by atoms with Gasteiger partial charge in [0, 0.05) is 38.0 Å². The standard InChI is InChI=1S/C20H27N5O2/c1-23-14-21-11-17(20(23)27)13-24-8-6-15(7-9-24)12-25-19(26)10-16-4-2-3-5-18(16)22-25/h10-11,14-15H,2-9,12-13H2,1H3. The quantitative estimate of drug-likeness (QED) is 0.808. The van der Waals surface area contributed by atoms with E-state index in [-0.39, 0.29) is 11.1 Å². The summed E-state index contributed by atoms with van der Waals surface area (Å²) in [6.45, 7) is 3.21. The highest BCUT2D eigenvalue weighted by molar-refractivity contribution is 5.20. The van der Waals surface area contributed by atoms with Crippen molar-refractivity contribution >= 4 is 0 Å². The van der Waals surface area contributed by atoms with Crippen LogP contribution < -0.4 is 11.1 Å². The van der Waals surface area contributed by atoms with E-state index in [0.29, 0.717) is 19.0 Å². The van der Waals surface area contributed by atoms with Gasteiger partial charge in [-0.25, -0.2) is 9.67 Å². The molecule has 1 saturated heterocycles. The van der Waals surface area contributed by atoms with Gasteiger partial charge in [-0.3, -0.25) is 14.5 Å². The Balaban J connectivity index is 1.36. The van der Waals surface area contributed by atoms with Gasteiger partial charge in [-0.05, 0) is 63.1 Å². The molecule has 3 heterocycles. The van der Waals surface area contributed by atoms with E-state index < -0.39 is 0 Å². The molecule has 0 aromatic carbocycles. The fourth-order valence-electron chi connectivity index (χ4n) is 4.21. The van der Waals surface area contributed by atoms with Gasteiger partial charge in [-0.15, -0.1) is 0 Å². The minimum atomic E-state index is 0.0249. The largest absolute Gasteiger partial charge is 0.302 e. The average molecular weight is 369 g/mol. The molecule has 2 aromatic heterocycles. The molecule has 4 rings (SSSR count). The fourth-order valence-corrected chi connectivity index (χ4v) is 4.21. The van der Waals surface area contributed by atoms with Crippen molar-refractivity contribution in [2.75, 3.05) is 13.1 Å². The van der Waals surface area contributed by atoms with E-state index in [1.165, 1.54) is 11.0 Å². The minimum Gasteiger partial charge on any atom is -0.302 e. The first-order valence-electron chi connectivity index (χ1n) is 9.92. The van der Waals surface area contributed by atoms with Crippen molar-refractivity contribution in [2.24, 2.45) is 13.0 Å². The van der Waals surface area contributed by atoms with Gasteiger partial charge in [0.25, 0.3) is 11.1 Å². The van der Waals surface area contributed by atoms with Crippen molar-refractivity contribution < 1.29 is 0 Å². The smallest absolute Gasteiger partial charge is 0.267 e. The fraction of sp³-hybridized carbons (Fsp3) is 0.600. The molecule has 7 nitrogen and oxygen atoms in total. The predicted octanol–water partition coefficient (Wildman–Crippen LogP) is 1.13. The highest BCUT2D eigenvalue weighted by Gasteiger charge is 2.22. The molecule has 27 heavy (non-hydrogen) atoms. The second kappa shape index (κ2) is 7.76. The summed E-state index contributed by atoms with van der Waals surface area (Å²) in [5, 5.41) is 4.65. The highest BCUT2D eigenvalue weighted by Crippen LogP contribution is 2.21. The molecule has 2 aliphatic rings. The highest BCUT2D eigenvalue weighted by atomic mass is 16.1. The van der Waals surface area contributed by atoms with E-state index in [1.807, 2.05) is 0 Å². The van der Waals surface area contributed by atoms with Crippen LogP contribution in [0.1, 0.15) is 42.5 Å². The number of likely N-dealkylation sites (tertiary alicyclic amines) is 1. The zero-order valence-electron chi connectivity index (χ0n) is 15.9. The number of fused-ring (bicyclic) bond motifs is 1. The first-order valence-corrected chi connectivity index (χ1v) is 9.92. The van der Waals surface area contributed by atoms with Gasteiger partial charge in [0.2, 0.25) is 0 Å². The van der Waals surface area contributed by atoms with Gasteiger partial charge in [-0.1, -0.05) is 0 Å². The van der Waals surface area contributed by atoms with Crippen LogP contribution in [0.25, 0.3) is 0 Å². The Morgan fingerprint density at radius 3 is 2.74 bits per heavy atom. The van der Waals surface area contributed by atoms with Gasteiger partial charge in [0.05, 0.1) is 12.0 Å². The van der Waals surface area contributed by atoms with Gasteiger partial charge in [-0.2, -0.15) is 5.10 Å². The third-order valence-electron chi connectivity index (χ3n) is 5.87. The summed E-state index contributed by atoms with van der Waals surface area (Å²) in [7, 11) is 1.73. The lowest BCUT2D eigenvalue weighted by Crippen LogP contribution is -2.38. The SMILES string of the molecule is Cn1cncc(CN2CCC(Cn3nc4c(cc3=O)CCCC4)CC2)c1=O. The Morgan fingerprint density at radius 1 is 1.15 bits per heavy atom. The molecule has 0 spiro atoms. The van der Waals surface area contributed by atoms with E-state index >= 15 is 0 Å². The molecular weight excluding hydrogens is 342 g/mol. The topological polar surface area (TPSA) is 73.0 Å². The molecule has 0 radical (unpaired) electrons. The first kappa shape index (κ1) is 18.1. The third-order valence-corrected chi connectivity index (χ3v) is 5.87. The van der Waals surface area contributed by atoms with Crippen LogP contribution in [0.4, 0.5) is 0 Å². The Bertz CT molecular complexity index is 925. The molecule has 1 fully saturated rings. The number of rotatable bonds is 4. The zero-order valence-corrected chi connectivity index (χ0v) is 15.9. The molecule has 0 bridgehead atoms. The summed E-state index contributed by atoms with van der Waals surface area (Å²) in [6.07, 6.45) is 9.57. The van der Waals surface area contributed by atoms with Crippen LogP contribution in [-0.2, 0) is 33.0 Å². The number of aromatic nitrogens is 4. The maximum absolute atomic E-state index is 12.4. The van der Waals surface area contributed by atoms with Crippen LogP contribution in [0.2, 0.25) is 0 Å². The van der Waals surface area contributed by atoms with Crippen molar-refractivity contribution in [3.8, 4) is 0 Å². The van der Waals surface area contributed by atoms with E-state index in [9.17, 15) is 9.59 Å². The van der Waals surface area contributed by atoms with E-state index in [2.05, 4.69) is 15.0 Å². The molecule has 0 amide bonds. The number of hydrogen-bond acceptors (Lipinski definition) is 5. The summed E-state index contributed by atoms with van der Waals surface area (Å²) in [6, 6.07) is 1.80. The first-order chi connectivity index (χ1) is 13.1. The molecule has 1 aliphatic heterocycles. The molecule has 2 aromatic rings. The summed E-state index contributed by atoms with van der Waals surface area (Å²) >= 11 is 0. The van der Waals surface area contributed by atoms with Gasteiger partial charge in [0.1, 0.15) is 0 Å². The van der Waals surface area contributed by atoms with Crippen molar-refractivity contribution in [2.45, 2.75) is 51.6 Å². The van der Waals surface area contributed by atoms with E-state index in [1.54, 1.807) is 30.3 Å². The molecule has 144 valence electrons. The minimum absolute atomic E-state index is 0.0249. The maximum atomic E-state index is 12.4. The summed E-state index contributed by atoms with van der Waals surface area (Å²) in [4.78, 5) is 31.0. The lowest BCUT2D eigenvalue weighted by Gasteiger charge is -2.32. The second-order valence-corrected chi connectivity index (χ2v) is 7.90. The zero-order chi connectivity index (χ0) is 18.8. The molecule has 0 saturated carbocycles. The monoisotopic (exact) mass is 369 g/mol. The Morgan fingerprint density at radius 2 is 1.93 bits per heavy atom. The second-order valence-electron chi connectivity index (χ2n) is 7.90. The normalized spacial score (nSPS) is 18.4. The van der Waals surface area contributed by atoms with Crippen LogP contribution in [-0.4, -0.2) is 37.3 Å². The van der Waals surface area contributed by atoms with Crippen LogP contribution >= 0.6 is 0 Å². The van der Waals surface area contributed by atoms with Crippen molar-refractivity contribution in [3.63, 3.8) is 0 Å². The van der Waals surface area contributed by atoms with Crippen LogP contribution in [0.15, 0.2) is 28.2 Å². The van der Waals surface area contributed by atoms with Crippen molar-refractivity contribution in [1.82, 2.24) is 24.2 Å². The lowest BCUT2D eigenvalue weighted by molar-refractivity contribution is 0.162. The summed E-state index contributed by atoms with van der Waals surface area (Å²) < 4.78 is 3.21. The molecule has 0 atom stereocenters. The Labute approximate surface area is 158 Å². The Hall–Kier alpha value is -2.28. The molecule has 0 unspecified atom stereocenters. The lowest BCUT2D eigenvalue weighted by atomic mass is 9.95. The maximum Gasteiger partial charge on any atom is 0.267 e. The predicted molar refractivity (Wildman–Crippen MR) is 103 cm³/mol. The molecule has 1 aliphatic carbocycles.